The van der Waals surface area contributed by atoms with E-state index in [9.17, 15) is 13.2 Å². The first-order valence-corrected chi connectivity index (χ1v) is 8.97. The number of hydrogen-bond acceptors (Lipinski definition) is 4. The largest absolute Gasteiger partial charge is 0.497 e. The summed E-state index contributed by atoms with van der Waals surface area (Å²) in [6, 6.07) is 13.2. The third-order valence-electron chi connectivity index (χ3n) is 3.00. The summed E-state index contributed by atoms with van der Waals surface area (Å²) in [5, 5.41) is 3.08. The zero-order valence-corrected chi connectivity index (χ0v) is 14.0. The van der Waals surface area contributed by atoms with Crippen molar-refractivity contribution in [1.29, 1.82) is 0 Å². The SMILES string of the molecule is COc1cccc(NC(=O)CS(=O)(=O)Cc2ccc(Cl)cc2)c1. The molecule has 5 nitrogen and oxygen atoms in total. The van der Waals surface area contributed by atoms with Gasteiger partial charge in [-0.05, 0) is 29.8 Å². The van der Waals surface area contributed by atoms with Crippen LogP contribution < -0.4 is 10.1 Å². The average molecular weight is 354 g/mol. The molecule has 0 aliphatic heterocycles. The minimum Gasteiger partial charge on any atom is -0.497 e. The van der Waals surface area contributed by atoms with Gasteiger partial charge in [0.25, 0.3) is 0 Å². The predicted octanol–water partition coefficient (Wildman–Crippen LogP) is 2.90. The van der Waals surface area contributed by atoms with Gasteiger partial charge in [0.15, 0.2) is 9.84 Å². The van der Waals surface area contributed by atoms with Crippen LogP contribution in [0.4, 0.5) is 5.69 Å². The minimum absolute atomic E-state index is 0.213. The maximum Gasteiger partial charge on any atom is 0.239 e. The molecule has 0 spiro atoms. The summed E-state index contributed by atoms with van der Waals surface area (Å²) in [6.07, 6.45) is 0. The fourth-order valence-electron chi connectivity index (χ4n) is 1.98. The Bertz CT molecular complexity index is 788. The van der Waals surface area contributed by atoms with Crippen molar-refractivity contribution in [2.75, 3.05) is 18.2 Å². The van der Waals surface area contributed by atoms with Gasteiger partial charge in [0.2, 0.25) is 5.91 Å². The summed E-state index contributed by atoms with van der Waals surface area (Å²) in [5.74, 6) is -0.818. The molecular formula is C16H16ClNO4S. The van der Waals surface area contributed by atoms with Crippen molar-refractivity contribution >= 4 is 33.0 Å². The number of carbonyl (C=O) groups is 1. The lowest BCUT2D eigenvalue weighted by atomic mass is 10.2. The summed E-state index contributed by atoms with van der Waals surface area (Å²) in [7, 11) is -2.06. The van der Waals surface area contributed by atoms with Crippen LogP contribution in [0.3, 0.4) is 0 Å². The molecule has 0 unspecified atom stereocenters. The van der Waals surface area contributed by atoms with Gasteiger partial charge in [-0.3, -0.25) is 4.79 Å². The number of carbonyl (C=O) groups excluding carboxylic acids is 1. The van der Waals surface area contributed by atoms with Crippen LogP contribution in [0.2, 0.25) is 5.02 Å². The van der Waals surface area contributed by atoms with Crippen LogP contribution in [0.5, 0.6) is 5.75 Å². The second-order valence-electron chi connectivity index (χ2n) is 4.94. The first kappa shape index (κ1) is 17.3. The van der Waals surface area contributed by atoms with Crippen molar-refractivity contribution in [3.05, 3.63) is 59.1 Å². The average Bonchev–Trinajstić information content (AvgIpc) is 2.49. The van der Waals surface area contributed by atoms with Gasteiger partial charge in [-0.15, -0.1) is 0 Å². The highest BCUT2D eigenvalue weighted by Gasteiger charge is 2.17. The van der Waals surface area contributed by atoms with Crippen LogP contribution in [-0.2, 0) is 20.4 Å². The van der Waals surface area contributed by atoms with Gasteiger partial charge in [0.05, 0.1) is 12.9 Å². The molecule has 0 atom stereocenters. The molecule has 0 heterocycles. The molecule has 0 saturated carbocycles. The normalized spacial score (nSPS) is 11.0. The number of ether oxygens (including phenoxy) is 1. The number of sulfone groups is 1. The molecule has 0 fully saturated rings. The zero-order chi connectivity index (χ0) is 16.9. The van der Waals surface area contributed by atoms with E-state index in [0.29, 0.717) is 22.0 Å². The van der Waals surface area contributed by atoms with E-state index >= 15 is 0 Å². The zero-order valence-electron chi connectivity index (χ0n) is 12.5. The molecule has 0 aliphatic carbocycles. The third kappa shape index (κ3) is 5.58. The molecule has 2 rings (SSSR count). The Hall–Kier alpha value is -2.05. The number of nitrogens with one attached hydrogen (secondary N) is 1. The van der Waals surface area contributed by atoms with Crippen molar-refractivity contribution < 1.29 is 17.9 Å². The summed E-state index contributed by atoms with van der Waals surface area (Å²) in [4.78, 5) is 11.9. The van der Waals surface area contributed by atoms with Gasteiger partial charge in [-0.2, -0.15) is 0 Å². The van der Waals surface area contributed by atoms with Crippen LogP contribution >= 0.6 is 11.6 Å². The molecule has 0 bridgehead atoms. The summed E-state index contributed by atoms with van der Waals surface area (Å²) in [6.45, 7) is 0. The summed E-state index contributed by atoms with van der Waals surface area (Å²) in [5.41, 5.74) is 1.07. The fraction of sp³-hybridized carbons (Fsp3) is 0.188. The first-order valence-electron chi connectivity index (χ1n) is 6.77. The number of hydrogen-bond donors (Lipinski definition) is 1. The van der Waals surface area contributed by atoms with Crippen LogP contribution in [0.1, 0.15) is 5.56 Å². The predicted molar refractivity (Wildman–Crippen MR) is 90.6 cm³/mol. The van der Waals surface area contributed by atoms with E-state index < -0.39 is 21.5 Å². The lowest BCUT2D eigenvalue weighted by Crippen LogP contribution is -2.23. The van der Waals surface area contributed by atoms with Gasteiger partial charge in [-0.25, -0.2) is 8.42 Å². The van der Waals surface area contributed by atoms with Crippen LogP contribution in [0, 0.1) is 0 Å². The van der Waals surface area contributed by atoms with Gasteiger partial charge in [-0.1, -0.05) is 29.8 Å². The molecule has 0 radical (unpaired) electrons. The van der Waals surface area contributed by atoms with E-state index in [1.807, 2.05) is 0 Å². The minimum atomic E-state index is -3.57. The van der Waals surface area contributed by atoms with Gasteiger partial charge in [0, 0.05) is 16.8 Å². The Morgan fingerprint density at radius 2 is 1.87 bits per heavy atom. The number of rotatable bonds is 6. The Morgan fingerprint density at radius 1 is 1.17 bits per heavy atom. The molecule has 1 N–H and O–H groups in total. The Morgan fingerprint density at radius 3 is 2.52 bits per heavy atom. The van der Waals surface area contributed by atoms with Crippen LogP contribution in [-0.4, -0.2) is 27.2 Å². The second-order valence-corrected chi connectivity index (χ2v) is 7.44. The molecule has 2 aromatic carbocycles. The quantitative estimate of drug-likeness (QED) is 0.866. The number of methoxy groups -OCH3 is 1. The molecule has 122 valence electrons. The Labute approximate surface area is 140 Å². The van der Waals surface area contributed by atoms with Gasteiger partial charge >= 0.3 is 0 Å². The van der Waals surface area contributed by atoms with E-state index in [2.05, 4.69) is 5.32 Å². The maximum absolute atomic E-state index is 12.1. The fourth-order valence-corrected chi connectivity index (χ4v) is 3.38. The van der Waals surface area contributed by atoms with E-state index in [4.69, 9.17) is 16.3 Å². The Kier molecular flexibility index (Phi) is 5.63. The third-order valence-corrected chi connectivity index (χ3v) is 4.73. The van der Waals surface area contributed by atoms with Gasteiger partial charge < -0.3 is 10.1 Å². The number of amides is 1. The maximum atomic E-state index is 12.1. The second kappa shape index (κ2) is 7.48. The molecular weight excluding hydrogens is 338 g/mol. The van der Waals surface area contributed by atoms with Crippen molar-refractivity contribution in [2.45, 2.75) is 5.75 Å². The monoisotopic (exact) mass is 353 g/mol. The van der Waals surface area contributed by atoms with Crippen LogP contribution in [0.15, 0.2) is 48.5 Å². The number of anilines is 1. The highest BCUT2D eigenvalue weighted by Crippen LogP contribution is 2.17. The van der Waals surface area contributed by atoms with Crippen LogP contribution in [0.25, 0.3) is 0 Å². The number of halogens is 1. The highest BCUT2D eigenvalue weighted by atomic mass is 35.5. The van der Waals surface area contributed by atoms with Crippen molar-refractivity contribution in [3.8, 4) is 5.75 Å². The molecule has 2 aromatic rings. The number of benzene rings is 2. The lowest BCUT2D eigenvalue weighted by Gasteiger charge is -2.08. The Balaban J connectivity index is 1.99. The van der Waals surface area contributed by atoms with Crippen molar-refractivity contribution in [2.24, 2.45) is 0 Å². The first-order chi connectivity index (χ1) is 10.9. The van der Waals surface area contributed by atoms with E-state index in [0.717, 1.165) is 0 Å². The van der Waals surface area contributed by atoms with Crippen molar-refractivity contribution in [1.82, 2.24) is 0 Å². The van der Waals surface area contributed by atoms with Gasteiger partial charge in [0.1, 0.15) is 11.5 Å². The van der Waals surface area contributed by atoms with E-state index in [-0.39, 0.29) is 5.75 Å². The molecule has 23 heavy (non-hydrogen) atoms. The molecule has 1 amide bonds. The lowest BCUT2D eigenvalue weighted by molar-refractivity contribution is -0.113. The van der Waals surface area contributed by atoms with Crippen molar-refractivity contribution in [3.63, 3.8) is 0 Å². The summed E-state index contributed by atoms with van der Waals surface area (Å²) < 4.78 is 29.2. The van der Waals surface area contributed by atoms with E-state index in [1.165, 1.54) is 7.11 Å². The van der Waals surface area contributed by atoms with E-state index in [1.54, 1.807) is 48.5 Å². The molecule has 7 heteroatoms. The smallest absolute Gasteiger partial charge is 0.239 e. The standard InChI is InChI=1S/C16H16ClNO4S/c1-22-15-4-2-3-14(9-15)18-16(19)11-23(20,21)10-12-5-7-13(17)8-6-12/h2-9H,10-11H2,1H3,(H,18,19). The topological polar surface area (TPSA) is 72.5 Å². The molecule has 0 aromatic heterocycles. The molecule has 0 saturated heterocycles. The highest BCUT2D eigenvalue weighted by molar-refractivity contribution is 7.91. The molecule has 0 aliphatic rings. The summed E-state index contributed by atoms with van der Waals surface area (Å²) >= 11 is 5.76.